The van der Waals surface area contributed by atoms with Crippen molar-refractivity contribution in [2.45, 2.75) is 57.1 Å². The Labute approximate surface area is 113 Å². The van der Waals surface area contributed by atoms with Crippen LogP contribution in [0.2, 0.25) is 0 Å². The van der Waals surface area contributed by atoms with Crippen LogP contribution in [0.3, 0.4) is 0 Å². The summed E-state index contributed by atoms with van der Waals surface area (Å²) in [5, 5.41) is 16.1. The van der Waals surface area contributed by atoms with E-state index in [2.05, 4.69) is 27.5 Å². The van der Waals surface area contributed by atoms with Gasteiger partial charge in [-0.05, 0) is 32.1 Å². The normalized spacial score (nSPS) is 25.8. The summed E-state index contributed by atoms with van der Waals surface area (Å²) in [6.45, 7) is 3.08. The van der Waals surface area contributed by atoms with E-state index in [4.69, 9.17) is 0 Å². The van der Waals surface area contributed by atoms with Gasteiger partial charge in [0.1, 0.15) is 17.5 Å². The van der Waals surface area contributed by atoms with Crippen LogP contribution >= 0.6 is 0 Å². The van der Waals surface area contributed by atoms with Gasteiger partial charge >= 0.3 is 0 Å². The molecule has 0 unspecified atom stereocenters. The summed E-state index contributed by atoms with van der Waals surface area (Å²) in [6, 6.07) is 2.34. The van der Waals surface area contributed by atoms with Crippen molar-refractivity contribution in [2.24, 2.45) is 0 Å². The van der Waals surface area contributed by atoms with Crippen molar-refractivity contribution in [1.29, 1.82) is 0 Å². The molecule has 2 fully saturated rings. The second kappa shape index (κ2) is 5.33. The van der Waals surface area contributed by atoms with Crippen LogP contribution in [0.1, 0.15) is 50.8 Å². The molecule has 19 heavy (non-hydrogen) atoms. The van der Waals surface area contributed by atoms with Gasteiger partial charge in [0.05, 0.1) is 6.10 Å². The number of nitrogens with zero attached hydrogens (tertiary/aromatic N) is 2. The lowest BCUT2D eigenvalue weighted by Crippen LogP contribution is -2.39. The van der Waals surface area contributed by atoms with Crippen LogP contribution in [0.15, 0.2) is 6.07 Å². The van der Waals surface area contributed by atoms with E-state index in [1.165, 1.54) is 12.8 Å². The first-order chi connectivity index (χ1) is 9.24. The van der Waals surface area contributed by atoms with Crippen LogP contribution < -0.4 is 10.6 Å². The fourth-order valence-electron chi connectivity index (χ4n) is 2.32. The molecule has 0 bridgehead atoms. The zero-order chi connectivity index (χ0) is 13.2. The fourth-order valence-corrected chi connectivity index (χ4v) is 2.32. The van der Waals surface area contributed by atoms with E-state index in [0.717, 1.165) is 43.3 Å². The summed E-state index contributed by atoms with van der Waals surface area (Å²) in [6.07, 6.45) is 5.00. The van der Waals surface area contributed by atoms with Crippen molar-refractivity contribution < 1.29 is 5.11 Å². The summed E-state index contributed by atoms with van der Waals surface area (Å²) in [7, 11) is 0. The molecule has 104 valence electrons. The SMILES string of the molecule is CCCNc1cc(NC2CC(O)C2)nc(C2CC2)n1. The maximum absolute atomic E-state index is 9.33. The number of hydrogen-bond acceptors (Lipinski definition) is 5. The molecule has 2 aliphatic carbocycles. The highest BCUT2D eigenvalue weighted by Crippen LogP contribution is 2.39. The lowest BCUT2D eigenvalue weighted by atomic mass is 9.89. The Morgan fingerprint density at radius 1 is 1.26 bits per heavy atom. The molecule has 3 N–H and O–H groups in total. The molecule has 0 amide bonds. The first-order valence-corrected chi connectivity index (χ1v) is 7.32. The van der Waals surface area contributed by atoms with Gasteiger partial charge in [0.25, 0.3) is 0 Å². The molecule has 0 saturated heterocycles. The topological polar surface area (TPSA) is 70.1 Å². The molecule has 2 aliphatic rings. The molecule has 0 aromatic carbocycles. The molecule has 1 aromatic heterocycles. The Morgan fingerprint density at radius 3 is 2.63 bits per heavy atom. The molecule has 0 spiro atoms. The summed E-state index contributed by atoms with van der Waals surface area (Å²) >= 11 is 0. The van der Waals surface area contributed by atoms with E-state index >= 15 is 0 Å². The molecule has 5 nitrogen and oxygen atoms in total. The van der Waals surface area contributed by atoms with Crippen molar-refractivity contribution in [3.05, 3.63) is 11.9 Å². The average molecular weight is 262 g/mol. The molecular weight excluding hydrogens is 240 g/mol. The zero-order valence-electron chi connectivity index (χ0n) is 11.4. The molecule has 5 heteroatoms. The van der Waals surface area contributed by atoms with E-state index < -0.39 is 0 Å². The monoisotopic (exact) mass is 262 g/mol. The standard InChI is InChI=1S/C14H22N4O/c1-2-5-15-12-8-13(16-10-6-11(19)7-10)18-14(17-12)9-3-4-9/h8-11,19H,2-7H2,1H3,(H2,15,16,17,18). The quantitative estimate of drug-likeness (QED) is 0.732. The largest absolute Gasteiger partial charge is 0.393 e. The molecule has 0 atom stereocenters. The summed E-state index contributed by atoms with van der Waals surface area (Å²) in [5.74, 6) is 3.33. The third-order valence-corrected chi connectivity index (χ3v) is 3.71. The minimum Gasteiger partial charge on any atom is -0.393 e. The van der Waals surface area contributed by atoms with Crippen LogP contribution in [-0.4, -0.2) is 33.8 Å². The minimum absolute atomic E-state index is 0.139. The molecule has 0 radical (unpaired) electrons. The van der Waals surface area contributed by atoms with Gasteiger partial charge in [0.15, 0.2) is 0 Å². The van der Waals surface area contributed by atoms with E-state index in [1.807, 2.05) is 6.07 Å². The maximum atomic E-state index is 9.33. The highest BCUT2D eigenvalue weighted by atomic mass is 16.3. The Balaban J connectivity index is 1.71. The molecule has 2 saturated carbocycles. The van der Waals surface area contributed by atoms with Gasteiger partial charge in [0, 0.05) is 24.6 Å². The third kappa shape index (κ3) is 3.15. The number of aliphatic hydroxyl groups excluding tert-OH is 1. The Bertz CT molecular complexity index is 441. The third-order valence-electron chi connectivity index (χ3n) is 3.71. The Hall–Kier alpha value is -1.36. The lowest BCUT2D eigenvalue weighted by molar-refractivity contribution is 0.0835. The second-order valence-corrected chi connectivity index (χ2v) is 5.66. The number of nitrogens with one attached hydrogen (secondary N) is 2. The first kappa shape index (κ1) is 12.7. The van der Waals surface area contributed by atoms with Gasteiger partial charge < -0.3 is 15.7 Å². The lowest BCUT2D eigenvalue weighted by Gasteiger charge is -2.32. The van der Waals surface area contributed by atoms with Gasteiger partial charge in [0.2, 0.25) is 0 Å². The highest BCUT2D eigenvalue weighted by molar-refractivity contribution is 5.49. The summed E-state index contributed by atoms with van der Waals surface area (Å²) in [4.78, 5) is 9.19. The minimum atomic E-state index is -0.139. The summed E-state index contributed by atoms with van der Waals surface area (Å²) in [5.41, 5.74) is 0. The van der Waals surface area contributed by atoms with Gasteiger partial charge in [-0.15, -0.1) is 0 Å². The van der Waals surface area contributed by atoms with Gasteiger partial charge in [-0.25, -0.2) is 9.97 Å². The zero-order valence-corrected chi connectivity index (χ0v) is 11.4. The van der Waals surface area contributed by atoms with E-state index in [1.54, 1.807) is 0 Å². The number of hydrogen-bond donors (Lipinski definition) is 3. The van der Waals surface area contributed by atoms with Crippen LogP contribution in [0.4, 0.5) is 11.6 Å². The van der Waals surface area contributed by atoms with Gasteiger partial charge in [-0.2, -0.15) is 0 Å². The van der Waals surface area contributed by atoms with Crippen LogP contribution in [-0.2, 0) is 0 Å². The van der Waals surface area contributed by atoms with Crippen LogP contribution in [0.25, 0.3) is 0 Å². The van der Waals surface area contributed by atoms with Crippen molar-refractivity contribution in [2.75, 3.05) is 17.2 Å². The van der Waals surface area contributed by atoms with Gasteiger partial charge in [-0.1, -0.05) is 6.92 Å². The van der Waals surface area contributed by atoms with Crippen molar-refractivity contribution in [3.63, 3.8) is 0 Å². The molecule has 1 heterocycles. The van der Waals surface area contributed by atoms with Crippen LogP contribution in [0.5, 0.6) is 0 Å². The summed E-state index contributed by atoms with van der Waals surface area (Å²) < 4.78 is 0. The molecule has 1 aromatic rings. The average Bonchev–Trinajstić information content (AvgIpc) is 3.18. The first-order valence-electron chi connectivity index (χ1n) is 7.32. The molecule has 0 aliphatic heterocycles. The predicted molar refractivity (Wildman–Crippen MR) is 75.4 cm³/mol. The number of aliphatic hydroxyl groups is 1. The van der Waals surface area contributed by atoms with E-state index in [0.29, 0.717) is 12.0 Å². The Kier molecular flexibility index (Phi) is 3.55. The maximum Gasteiger partial charge on any atom is 0.136 e. The smallest absolute Gasteiger partial charge is 0.136 e. The van der Waals surface area contributed by atoms with Crippen LogP contribution in [0, 0.1) is 0 Å². The van der Waals surface area contributed by atoms with Crippen molar-refractivity contribution >= 4 is 11.6 Å². The second-order valence-electron chi connectivity index (χ2n) is 5.66. The highest BCUT2D eigenvalue weighted by Gasteiger charge is 2.29. The molecular formula is C14H22N4O. The molecule has 3 rings (SSSR count). The van der Waals surface area contributed by atoms with Crippen molar-refractivity contribution in [3.8, 4) is 0 Å². The predicted octanol–water partition coefficient (Wildman–Crippen LogP) is 2.11. The van der Waals surface area contributed by atoms with Gasteiger partial charge in [-0.3, -0.25) is 0 Å². The fraction of sp³-hybridized carbons (Fsp3) is 0.714. The Morgan fingerprint density at radius 2 is 2.00 bits per heavy atom. The van der Waals surface area contributed by atoms with E-state index in [9.17, 15) is 5.11 Å². The van der Waals surface area contributed by atoms with Crippen molar-refractivity contribution in [1.82, 2.24) is 9.97 Å². The number of rotatable bonds is 6. The number of aromatic nitrogens is 2. The van der Waals surface area contributed by atoms with E-state index in [-0.39, 0.29) is 6.10 Å². The number of anilines is 2.